The maximum Gasteiger partial charge on any atom is 0.334 e. The molecule has 0 aromatic heterocycles. The van der Waals surface area contributed by atoms with Gasteiger partial charge in [0.1, 0.15) is 12.2 Å². The molecule has 0 aromatic carbocycles. The van der Waals surface area contributed by atoms with E-state index in [9.17, 15) is 9.59 Å². The van der Waals surface area contributed by atoms with E-state index in [1.54, 1.807) is 13.8 Å². The third kappa shape index (κ3) is 5.53. The van der Waals surface area contributed by atoms with Crippen LogP contribution >= 0.6 is 0 Å². The number of aliphatic hydroxyl groups is 1. The number of ether oxygens (including phenoxy) is 2. The summed E-state index contributed by atoms with van der Waals surface area (Å²) in [5, 5.41) is 8.82. The van der Waals surface area contributed by atoms with Crippen molar-refractivity contribution in [2.75, 3.05) is 6.61 Å². The molecule has 0 rings (SSSR count). The number of hydrogen-bond donors (Lipinski definition) is 1. The topological polar surface area (TPSA) is 72.8 Å². The third-order valence-corrected chi connectivity index (χ3v) is 1.42. The Kier molecular flexibility index (Phi) is 5.87. The number of aliphatic hydroxyl groups excluding tert-OH is 1. The molecule has 0 aromatic rings. The summed E-state index contributed by atoms with van der Waals surface area (Å²) >= 11 is 0. The predicted octanol–water partition coefficient (Wildman–Crippen LogP) is 0.252. The standard InChI is InChI=1S/C9H16O5/c1-4-13-8(11)5-6(2)14-9(12)7(3)10/h6-7,10H,4-5H2,1-3H3. The summed E-state index contributed by atoms with van der Waals surface area (Å²) in [7, 11) is 0. The smallest absolute Gasteiger partial charge is 0.334 e. The Labute approximate surface area is 83.0 Å². The van der Waals surface area contributed by atoms with Crippen LogP contribution in [0.25, 0.3) is 0 Å². The molecule has 0 aliphatic heterocycles. The van der Waals surface area contributed by atoms with E-state index in [0.29, 0.717) is 6.61 Å². The Morgan fingerprint density at radius 2 is 1.93 bits per heavy atom. The fourth-order valence-corrected chi connectivity index (χ4v) is 0.793. The van der Waals surface area contributed by atoms with Crippen molar-refractivity contribution < 1.29 is 24.2 Å². The number of esters is 2. The molecule has 5 heteroatoms. The highest BCUT2D eigenvalue weighted by atomic mass is 16.6. The van der Waals surface area contributed by atoms with E-state index in [0.717, 1.165) is 0 Å². The zero-order valence-electron chi connectivity index (χ0n) is 8.65. The van der Waals surface area contributed by atoms with Crippen LogP contribution in [-0.4, -0.2) is 35.9 Å². The van der Waals surface area contributed by atoms with Gasteiger partial charge in [-0.3, -0.25) is 4.79 Å². The quantitative estimate of drug-likeness (QED) is 0.650. The average Bonchev–Trinajstić information content (AvgIpc) is 2.03. The molecule has 0 bridgehead atoms. The van der Waals surface area contributed by atoms with E-state index in [4.69, 9.17) is 9.84 Å². The normalized spacial score (nSPS) is 14.3. The molecule has 1 N–H and O–H groups in total. The molecular formula is C9H16O5. The fourth-order valence-electron chi connectivity index (χ4n) is 0.793. The maximum absolute atomic E-state index is 10.9. The molecule has 0 saturated heterocycles. The highest BCUT2D eigenvalue weighted by Gasteiger charge is 2.17. The number of rotatable bonds is 5. The summed E-state index contributed by atoms with van der Waals surface area (Å²) in [6, 6.07) is 0. The van der Waals surface area contributed by atoms with Gasteiger partial charge in [0.05, 0.1) is 13.0 Å². The van der Waals surface area contributed by atoms with E-state index < -0.39 is 24.1 Å². The first-order chi connectivity index (χ1) is 6.47. The van der Waals surface area contributed by atoms with E-state index in [2.05, 4.69) is 4.74 Å². The van der Waals surface area contributed by atoms with Gasteiger partial charge in [-0.2, -0.15) is 0 Å². The molecule has 0 aliphatic carbocycles. The van der Waals surface area contributed by atoms with Crippen LogP contribution in [0.4, 0.5) is 0 Å². The molecule has 2 atom stereocenters. The van der Waals surface area contributed by atoms with Gasteiger partial charge in [0.25, 0.3) is 0 Å². The lowest BCUT2D eigenvalue weighted by Gasteiger charge is -2.13. The van der Waals surface area contributed by atoms with Crippen LogP contribution in [0.15, 0.2) is 0 Å². The van der Waals surface area contributed by atoms with Gasteiger partial charge in [-0.25, -0.2) is 4.79 Å². The highest BCUT2D eigenvalue weighted by Crippen LogP contribution is 2.01. The van der Waals surface area contributed by atoms with Crippen molar-refractivity contribution in [2.45, 2.75) is 39.4 Å². The van der Waals surface area contributed by atoms with Crippen LogP contribution < -0.4 is 0 Å². The van der Waals surface area contributed by atoms with Gasteiger partial charge in [-0.05, 0) is 20.8 Å². The van der Waals surface area contributed by atoms with Gasteiger partial charge in [-0.1, -0.05) is 0 Å². The van der Waals surface area contributed by atoms with Gasteiger partial charge < -0.3 is 14.6 Å². The van der Waals surface area contributed by atoms with Crippen LogP contribution in [-0.2, 0) is 19.1 Å². The number of carbonyl (C=O) groups excluding carboxylic acids is 2. The maximum atomic E-state index is 10.9. The van der Waals surface area contributed by atoms with E-state index >= 15 is 0 Å². The lowest BCUT2D eigenvalue weighted by atomic mass is 10.3. The van der Waals surface area contributed by atoms with Crippen LogP contribution in [0.5, 0.6) is 0 Å². The highest BCUT2D eigenvalue weighted by molar-refractivity contribution is 5.75. The SMILES string of the molecule is CCOC(=O)CC(C)OC(=O)C(C)O. The summed E-state index contributed by atoms with van der Waals surface area (Å²) in [5.74, 6) is -1.15. The van der Waals surface area contributed by atoms with Crippen molar-refractivity contribution >= 4 is 11.9 Å². The molecular weight excluding hydrogens is 188 g/mol. The molecule has 2 unspecified atom stereocenters. The Balaban J connectivity index is 3.80. The molecule has 0 aliphatic rings. The number of hydrogen-bond acceptors (Lipinski definition) is 5. The molecule has 0 spiro atoms. The third-order valence-electron chi connectivity index (χ3n) is 1.42. The molecule has 0 amide bonds. The minimum absolute atomic E-state index is 0.00625. The van der Waals surface area contributed by atoms with Gasteiger partial charge >= 0.3 is 11.9 Å². The Bertz CT molecular complexity index is 199. The lowest BCUT2D eigenvalue weighted by Crippen LogP contribution is -2.26. The van der Waals surface area contributed by atoms with Crippen molar-refractivity contribution in [3.05, 3.63) is 0 Å². The van der Waals surface area contributed by atoms with E-state index in [-0.39, 0.29) is 6.42 Å². The monoisotopic (exact) mass is 204 g/mol. The van der Waals surface area contributed by atoms with Gasteiger partial charge in [-0.15, -0.1) is 0 Å². The molecule has 14 heavy (non-hydrogen) atoms. The molecule has 82 valence electrons. The van der Waals surface area contributed by atoms with Gasteiger partial charge in [0.2, 0.25) is 0 Å². The van der Waals surface area contributed by atoms with Crippen molar-refractivity contribution in [1.29, 1.82) is 0 Å². The van der Waals surface area contributed by atoms with E-state index in [1.807, 2.05) is 0 Å². The van der Waals surface area contributed by atoms with Gasteiger partial charge in [0.15, 0.2) is 0 Å². The van der Waals surface area contributed by atoms with Crippen molar-refractivity contribution in [3.63, 3.8) is 0 Å². The van der Waals surface area contributed by atoms with Crippen LogP contribution in [0.1, 0.15) is 27.2 Å². The number of carbonyl (C=O) groups is 2. The summed E-state index contributed by atoms with van der Waals surface area (Å²) in [6.45, 7) is 4.87. The predicted molar refractivity (Wildman–Crippen MR) is 48.5 cm³/mol. The summed E-state index contributed by atoms with van der Waals surface area (Å²) in [6.07, 6.45) is -1.73. The van der Waals surface area contributed by atoms with Crippen molar-refractivity contribution in [1.82, 2.24) is 0 Å². The Morgan fingerprint density at radius 1 is 1.36 bits per heavy atom. The minimum atomic E-state index is -1.17. The summed E-state index contributed by atoms with van der Waals surface area (Å²) < 4.78 is 9.40. The van der Waals surface area contributed by atoms with Crippen LogP contribution in [0.2, 0.25) is 0 Å². The minimum Gasteiger partial charge on any atom is -0.466 e. The second kappa shape index (κ2) is 6.37. The van der Waals surface area contributed by atoms with Crippen LogP contribution in [0, 0.1) is 0 Å². The lowest BCUT2D eigenvalue weighted by molar-refractivity contribution is -0.160. The molecule has 0 radical (unpaired) electrons. The fraction of sp³-hybridized carbons (Fsp3) is 0.778. The molecule has 5 nitrogen and oxygen atoms in total. The second-order valence-corrected chi connectivity index (χ2v) is 2.93. The Morgan fingerprint density at radius 3 is 2.36 bits per heavy atom. The largest absolute Gasteiger partial charge is 0.466 e. The van der Waals surface area contributed by atoms with Crippen LogP contribution in [0.3, 0.4) is 0 Å². The first kappa shape index (κ1) is 12.9. The zero-order valence-corrected chi connectivity index (χ0v) is 8.65. The Hall–Kier alpha value is -1.10. The molecule has 0 saturated carbocycles. The van der Waals surface area contributed by atoms with Crippen molar-refractivity contribution in [2.24, 2.45) is 0 Å². The first-order valence-corrected chi connectivity index (χ1v) is 4.51. The molecule has 0 heterocycles. The second-order valence-electron chi connectivity index (χ2n) is 2.93. The first-order valence-electron chi connectivity index (χ1n) is 4.51. The molecule has 0 fully saturated rings. The van der Waals surface area contributed by atoms with E-state index in [1.165, 1.54) is 6.92 Å². The van der Waals surface area contributed by atoms with Gasteiger partial charge in [0, 0.05) is 0 Å². The zero-order chi connectivity index (χ0) is 11.1. The summed E-state index contributed by atoms with van der Waals surface area (Å²) in [5.41, 5.74) is 0. The average molecular weight is 204 g/mol. The van der Waals surface area contributed by atoms with Crippen molar-refractivity contribution in [3.8, 4) is 0 Å². The summed E-state index contributed by atoms with van der Waals surface area (Å²) in [4.78, 5) is 21.8.